The molecule has 14 heavy (non-hydrogen) atoms. The monoisotopic (exact) mass is 198 g/mol. The van der Waals surface area contributed by atoms with Crippen LogP contribution in [0.15, 0.2) is 0 Å². The van der Waals surface area contributed by atoms with E-state index in [-0.39, 0.29) is 16.8 Å². The molecule has 1 fully saturated rings. The van der Waals surface area contributed by atoms with Gasteiger partial charge in [-0.15, -0.1) is 0 Å². The second-order valence-corrected chi connectivity index (χ2v) is 5.50. The molecule has 0 aromatic rings. The summed E-state index contributed by atoms with van der Waals surface area (Å²) < 4.78 is 5.17. The second kappa shape index (κ2) is 3.56. The highest BCUT2D eigenvalue weighted by atomic mass is 16.5. The van der Waals surface area contributed by atoms with Crippen molar-refractivity contribution < 1.29 is 9.53 Å². The number of ether oxygens (including phenoxy) is 1. The van der Waals surface area contributed by atoms with E-state index in [1.165, 1.54) is 13.3 Å². The second-order valence-electron chi connectivity index (χ2n) is 5.50. The van der Waals surface area contributed by atoms with Crippen LogP contribution < -0.4 is 0 Å². The first-order chi connectivity index (χ1) is 6.29. The van der Waals surface area contributed by atoms with Gasteiger partial charge in [0.2, 0.25) is 0 Å². The summed E-state index contributed by atoms with van der Waals surface area (Å²) >= 11 is 0. The molecule has 0 aliphatic heterocycles. The summed E-state index contributed by atoms with van der Waals surface area (Å²) in [4.78, 5) is 10.8. The van der Waals surface area contributed by atoms with E-state index in [1.807, 2.05) is 0 Å². The van der Waals surface area contributed by atoms with Crippen molar-refractivity contribution in [3.8, 4) is 0 Å². The zero-order valence-electron chi connectivity index (χ0n) is 10.0. The van der Waals surface area contributed by atoms with Gasteiger partial charge < -0.3 is 4.74 Å². The molecule has 0 radical (unpaired) electrons. The lowest BCUT2D eigenvalue weighted by Gasteiger charge is -2.40. The molecular weight excluding hydrogens is 176 g/mol. The van der Waals surface area contributed by atoms with Crippen molar-refractivity contribution in [2.75, 3.05) is 6.61 Å². The number of rotatable bonds is 2. The van der Waals surface area contributed by atoms with Gasteiger partial charge in [-0.1, -0.05) is 27.7 Å². The first-order valence-electron chi connectivity index (χ1n) is 5.43. The Labute approximate surface area is 87.0 Å². The molecule has 2 heteroatoms. The third kappa shape index (κ3) is 1.79. The predicted octanol–water partition coefficient (Wildman–Crippen LogP) is 3.01. The van der Waals surface area contributed by atoms with Crippen LogP contribution in [-0.4, -0.2) is 12.6 Å². The lowest BCUT2D eigenvalue weighted by molar-refractivity contribution is -0.146. The molecule has 2 atom stereocenters. The third-order valence-corrected chi connectivity index (χ3v) is 4.51. The molecule has 0 bridgehead atoms. The van der Waals surface area contributed by atoms with Crippen molar-refractivity contribution >= 4 is 5.97 Å². The van der Waals surface area contributed by atoms with Crippen LogP contribution >= 0.6 is 0 Å². The Morgan fingerprint density at radius 1 is 1.43 bits per heavy atom. The SMILES string of the molecule is CC(=O)OC[C@]1(C)CC[C@@H](C)C1(C)C. The highest BCUT2D eigenvalue weighted by Crippen LogP contribution is 2.55. The molecule has 1 rings (SSSR count). The van der Waals surface area contributed by atoms with Gasteiger partial charge in [0.25, 0.3) is 0 Å². The van der Waals surface area contributed by atoms with Crippen molar-refractivity contribution in [1.29, 1.82) is 0 Å². The maximum Gasteiger partial charge on any atom is 0.302 e. The van der Waals surface area contributed by atoms with Crippen molar-refractivity contribution in [3.05, 3.63) is 0 Å². The van der Waals surface area contributed by atoms with E-state index in [9.17, 15) is 4.79 Å². The van der Waals surface area contributed by atoms with Crippen LogP contribution in [0.4, 0.5) is 0 Å². The molecule has 2 nitrogen and oxygen atoms in total. The summed E-state index contributed by atoms with van der Waals surface area (Å²) in [5.41, 5.74) is 0.417. The Kier molecular flexibility index (Phi) is 2.93. The van der Waals surface area contributed by atoms with Crippen LogP contribution in [0.1, 0.15) is 47.5 Å². The Morgan fingerprint density at radius 2 is 2.00 bits per heavy atom. The van der Waals surface area contributed by atoms with E-state index in [4.69, 9.17) is 4.74 Å². The summed E-state index contributed by atoms with van der Waals surface area (Å²) in [5.74, 6) is 0.546. The molecule has 0 N–H and O–H groups in total. The molecule has 0 aromatic carbocycles. The van der Waals surface area contributed by atoms with Gasteiger partial charge in [-0.2, -0.15) is 0 Å². The molecule has 82 valence electrons. The molecule has 1 aliphatic rings. The molecule has 0 unspecified atom stereocenters. The largest absolute Gasteiger partial charge is 0.465 e. The summed E-state index contributed by atoms with van der Waals surface area (Å²) in [6, 6.07) is 0. The number of hydrogen-bond acceptors (Lipinski definition) is 2. The number of esters is 1. The van der Waals surface area contributed by atoms with Gasteiger partial charge in [0.05, 0.1) is 6.61 Å². The van der Waals surface area contributed by atoms with Gasteiger partial charge in [0, 0.05) is 12.3 Å². The van der Waals surface area contributed by atoms with E-state index in [1.54, 1.807) is 0 Å². The molecule has 0 spiro atoms. The number of carbonyl (C=O) groups is 1. The van der Waals surface area contributed by atoms with Crippen LogP contribution in [0.2, 0.25) is 0 Å². The fourth-order valence-corrected chi connectivity index (χ4v) is 2.33. The third-order valence-electron chi connectivity index (χ3n) is 4.51. The molecule has 0 aromatic heterocycles. The van der Waals surface area contributed by atoms with Crippen molar-refractivity contribution in [2.24, 2.45) is 16.7 Å². The van der Waals surface area contributed by atoms with Crippen LogP contribution in [0.25, 0.3) is 0 Å². The Morgan fingerprint density at radius 3 is 2.36 bits per heavy atom. The van der Waals surface area contributed by atoms with Gasteiger partial charge in [0.15, 0.2) is 0 Å². The molecule has 1 aliphatic carbocycles. The van der Waals surface area contributed by atoms with E-state index < -0.39 is 0 Å². The van der Waals surface area contributed by atoms with Crippen LogP contribution in [0.5, 0.6) is 0 Å². The number of hydrogen-bond donors (Lipinski definition) is 0. The lowest BCUT2D eigenvalue weighted by Crippen LogP contribution is -2.37. The van der Waals surface area contributed by atoms with Gasteiger partial charge >= 0.3 is 5.97 Å². The molecular formula is C12H22O2. The van der Waals surface area contributed by atoms with Gasteiger partial charge in [0.1, 0.15) is 0 Å². The standard InChI is InChI=1S/C12H22O2/c1-9-6-7-12(5,11(9,3)4)8-14-10(2)13/h9H,6-8H2,1-5H3/t9-,12+/m1/s1. The Hall–Kier alpha value is -0.530. The average molecular weight is 198 g/mol. The fraction of sp³-hybridized carbons (Fsp3) is 0.917. The average Bonchev–Trinajstić information content (AvgIpc) is 2.27. The van der Waals surface area contributed by atoms with E-state index in [0.717, 1.165) is 6.42 Å². The maximum atomic E-state index is 10.8. The van der Waals surface area contributed by atoms with Crippen LogP contribution in [0, 0.1) is 16.7 Å². The topological polar surface area (TPSA) is 26.3 Å². The quantitative estimate of drug-likeness (QED) is 0.637. The molecule has 0 amide bonds. The Balaban J connectivity index is 2.69. The van der Waals surface area contributed by atoms with E-state index in [2.05, 4.69) is 27.7 Å². The van der Waals surface area contributed by atoms with Gasteiger partial charge in [-0.25, -0.2) is 0 Å². The zero-order valence-corrected chi connectivity index (χ0v) is 10.0. The zero-order chi connectivity index (χ0) is 11.0. The minimum atomic E-state index is -0.165. The highest BCUT2D eigenvalue weighted by Gasteiger charge is 2.50. The van der Waals surface area contributed by atoms with Crippen LogP contribution in [0.3, 0.4) is 0 Å². The van der Waals surface area contributed by atoms with Gasteiger partial charge in [-0.3, -0.25) is 4.79 Å². The van der Waals surface area contributed by atoms with Crippen LogP contribution in [-0.2, 0) is 9.53 Å². The molecule has 0 heterocycles. The van der Waals surface area contributed by atoms with Crippen molar-refractivity contribution in [2.45, 2.75) is 47.5 Å². The fourth-order valence-electron chi connectivity index (χ4n) is 2.33. The van der Waals surface area contributed by atoms with E-state index >= 15 is 0 Å². The summed E-state index contributed by atoms with van der Waals surface area (Å²) in [5, 5.41) is 0. The summed E-state index contributed by atoms with van der Waals surface area (Å²) in [6.45, 7) is 11.1. The van der Waals surface area contributed by atoms with Gasteiger partial charge in [-0.05, 0) is 24.2 Å². The smallest absolute Gasteiger partial charge is 0.302 e. The predicted molar refractivity (Wildman–Crippen MR) is 56.9 cm³/mol. The minimum absolute atomic E-state index is 0.151. The van der Waals surface area contributed by atoms with Crippen molar-refractivity contribution in [1.82, 2.24) is 0 Å². The van der Waals surface area contributed by atoms with Crippen molar-refractivity contribution in [3.63, 3.8) is 0 Å². The maximum absolute atomic E-state index is 10.8. The Bertz CT molecular complexity index is 232. The summed E-state index contributed by atoms with van der Waals surface area (Å²) in [7, 11) is 0. The summed E-state index contributed by atoms with van der Waals surface area (Å²) in [6.07, 6.45) is 2.40. The molecule has 1 saturated carbocycles. The lowest BCUT2D eigenvalue weighted by atomic mass is 9.66. The minimum Gasteiger partial charge on any atom is -0.465 e. The molecule has 0 saturated heterocycles. The number of carbonyl (C=O) groups excluding carboxylic acids is 1. The van der Waals surface area contributed by atoms with E-state index in [0.29, 0.717) is 12.5 Å². The first kappa shape index (κ1) is 11.5. The first-order valence-corrected chi connectivity index (χ1v) is 5.43. The normalized spacial score (nSPS) is 35.6. The highest BCUT2D eigenvalue weighted by molar-refractivity contribution is 5.65.